The lowest BCUT2D eigenvalue weighted by Gasteiger charge is -2.37. The number of nitrogens with one attached hydrogen (secondary N) is 1. The molecular formula is C25H27ClFN5O2. The van der Waals surface area contributed by atoms with Crippen LogP contribution in [0.15, 0.2) is 60.9 Å². The normalized spacial score (nSPS) is 22.4. The summed E-state index contributed by atoms with van der Waals surface area (Å²) in [6.45, 7) is 3.07. The van der Waals surface area contributed by atoms with Crippen molar-refractivity contribution < 1.29 is 14.0 Å². The monoisotopic (exact) mass is 483 g/mol. The molecule has 3 heterocycles. The number of hydrogen-bond donors (Lipinski definition) is 1. The first-order valence-corrected chi connectivity index (χ1v) is 11.9. The van der Waals surface area contributed by atoms with Crippen LogP contribution in [-0.2, 0) is 9.59 Å². The summed E-state index contributed by atoms with van der Waals surface area (Å²) in [4.78, 5) is 31.6. The predicted octanol–water partition coefficient (Wildman–Crippen LogP) is 3.15. The summed E-state index contributed by atoms with van der Waals surface area (Å²) in [5.74, 6) is -0.260. The summed E-state index contributed by atoms with van der Waals surface area (Å²) in [7, 11) is 0. The third-order valence-corrected chi connectivity index (χ3v) is 7.06. The van der Waals surface area contributed by atoms with Crippen molar-refractivity contribution in [1.82, 2.24) is 20.2 Å². The van der Waals surface area contributed by atoms with Crippen LogP contribution in [0.5, 0.6) is 0 Å². The molecule has 0 bridgehead atoms. The van der Waals surface area contributed by atoms with Crippen LogP contribution in [0.3, 0.4) is 0 Å². The van der Waals surface area contributed by atoms with Crippen molar-refractivity contribution >= 4 is 29.1 Å². The third kappa shape index (κ3) is 4.60. The van der Waals surface area contributed by atoms with E-state index in [2.05, 4.69) is 10.3 Å². The van der Waals surface area contributed by atoms with Gasteiger partial charge in [0, 0.05) is 51.5 Å². The molecule has 5 rings (SSSR count). The molecule has 2 aromatic rings. The largest absolute Gasteiger partial charge is 0.367 e. The number of halogens is 2. The topological polar surface area (TPSA) is 59.1 Å². The Labute approximate surface area is 203 Å². The molecule has 2 unspecified atom stereocenters. The van der Waals surface area contributed by atoms with Gasteiger partial charge in [0.25, 0.3) is 5.91 Å². The molecule has 178 valence electrons. The molecule has 0 aliphatic carbocycles. The Morgan fingerprint density at radius 2 is 1.76 bits per heavy atom. The number of hydrazine groups is 1. The number of rotatable bonds is 5. The van der Waals surface area contributed by atoms with Crippen LogP contribution in [0.25, 0.3) is 0 Å². The molecule has 0 aromatic heterocycles. The highest BCUT2D eigenvalue weighted by atomic mass is 35.5. The van der Waals surface area contributed by atoms with Crippen LogP contribution in [-0.4, -0.2) is 65.4 Å². The zero-order valence-corrected chi connectivity index (χ0v) is 19.5. The first kappa shape index (κ1) is 22.7. The van der Waals surface area contributed by atoms with Crippen LogP contribution in [0.1, 0.15) is 24.4 Å². The quantitative estimate of drug-likeness (QED) is 0.708. The molecule has 3 aliphatic heterocycles. The third-order valence-electron chi connectivity index (χ3n) is 6.74. The maximum absolute atomic E-state index is 13.2. The number of fused-ring (bicyclic) bond motifs is 1. The summed E-state index contributed by atoms with van der Waals surface area (Å²) >= 11 is 6.31. The minimum atomic E-state index is -0.339. The molecular weight excluding hydrogens is 457 g/mol. The zero-order chi connectivity index (χ0) is 23.7. The van der Waals surface area contributed by atoms with Crippen molar-refractivity contribution in [1.29, 1.82) is 0 Å². The lowest BCUT2D eigenvalue weighted by molar-refractivity contribution is -0.136. The van der Waals surface area contributed by atoms with Gasteiger partial charge >= 0.3 is 0 Å². The van der Waals surface area contributed by atoms with E-state index in [1.165, 1.54) is 12.1 Å². The maximum atomic E-state index is 13.2. The highest BCUT2D eigenvalue weighted by Crippen LogP contribution is 2.31. The zero-order valence-electron chi connectivity index (χ0n) is 18.7. The Hall–Kier alpha value is -3.10. The van der Waals surface area contributed by atoms with E-state index in [1.54, 1.807) is 23.2 Å². The van der Waals surface area contributed by atoms with Crippen molar-refractivity contribution in [3.8, 4) is 0 Å². The molecule has 7 nitrogen and oxygen atoms in total. The number of carbonyl (C=O) groups excluding carboxylic acids is 2. The van der Waals surface area contributed by atoms with Crippen molar-refractivity contribution in [2.75, 3.05) is 37.6 Å². The summed E-state index contributed by atoms with van der Waals surface area (Å²) < 4.78 is 13.2. The Balaban J connectivity index is 1.12. The lowest BCUT2D eigenvalue weighted by atomic mass is 10.0. The van der Waals surface area contributed by atoms with Gasteiger partial charge in [-0.15, -0.1) is 0 Å². The molecule has 0 spiro atoms. The van der Waals surface area contributed by atoms with Crippen LogP contribution in [0.4, 0.5) is 10.1 Å². The van der Waals surface area contributed by atoms with Crippen molar-refractivity contribution in [3.05, 3.63) is 77.3 Å². The van der Waals surface area contributed by atoms with Crippen molar-refractivity contribution in [2.24, 2.45) is 0 Å². The van der Waals surface area contributed by atoms with Gasteiger partial charge in [-0.25, -0.2) is 9.82 Å². The highest BCUT2D eigenvalue weighted by molar-refractivity contribution is 6.33. The smallest absolute Gasteiger partial charge is 0.250 e. The second-order valence-electron chi connectivity index (χ2n) is 8.79. The first-order valence-electron chi connectivity index (χ1n) is 11.6. The molecule has 0 radical (unpaired) electrons. The molecule has 3 aliphatic rings. The van der Waals surface area contributed by atoms with Gasteiger partial charge in [0.2, 0.25) is 5.91 Å². The fourth-order valence-electron chi connectivity index (χ4n) is 4.81. The molecule has 0 saturated carbocycles. The fourth-order valence-corrected chi connectivity index (χ4v) is 5.07. The number of benzene rings is 2. The fraction of sp³-hybridized carbons (Fsp3) is 0.360. The summed E-state index contributed by atoms with van der Waals surface area (Å²) in [5, 5.41) is 2.53. The number of piperazine rings is 1. The van der Waals surface area contributed by atoms with E-state index in [9.17, 15) is 14.0 Å². The Morgan fingerprint density at radius 1 is 1.03 bits per heavy atom. The van der Waals surface area contributed by atoms with Gasteiger partial charge in [0.1, 0.15) is 11.9 Å². The minimum Gasteiger partial charge on any atom is -0.367 e. The van der Waals surface area contributed by atoms with Gasteiger partial charge in [-0.05, 0) is 36.2 Å². The van der Waals surface area contributed by atoms with E-state index in [4.69, 9.17) is 11.6 Å². The van der Waals surface area contributed by atoms with Gasteiger partial charge < -0.3 is 19.7 Å². The van der Waals surface area contributed by atoms with Gasteiger partial charge in [0.15, 0.2) is 0 Å². The SMILES string of the molecule is O=C1C2CC(c3ccc(F)cc3)NN2C=CN1CCC(=O)N1CCN(c2ccccc2Cl)CC1. The van der Waals surface area contributed by atoms with Gasteiger partial charge in [-0.3, -0.25) is 9.59 Å². The van der Waals surface area contributed by atoms with E-state index >= 15 is 0 Å². The predicted molar refractivity (Wildman–Crippen MR) is 128 cm³/mol. The van der Waals surface area contributed by atoms with Crippen LogP contribution in [0.2, 0.25) is 5.02 Å². The average molecular weight is 484 g/mol. The second kappa shape index (κ2) is 9.64. The van der Waals surface area contributed by atoms with E-state index in [0.717, 1.165) is 29.4 Å². The summed E-state index contributed by atoms with van der Waals surface area (Å²) in [6.07, 6.45) is 4.43. The Kier molecular flexibility index (Phi) is 6.43. The van der Waals surface area contributed by atoms with Crippen LogP contribution in [0, 0.1) is 5.82 Å². The van der Waals surface area contributed by atoms with E-state index < -0.39 is 0 Å². The molecule has 2 aromatic carbocycles. The minimum absolute atomic E-state index is 0.0315. The van der Waals surface area contributed by atoms with E-state index in [1.807, 2.05) is 40.4 Å². The summed E-state index contributed by atoms with van der Waals surface area (Å²) in [6, 6.07) is 13.7. The molecule has 34 heavy (non-hydrogen) atoms. The highest BCUT2D eigenvalue weighted by Gasteiger charge is 2.40. The number of amides is 2. The van der Waals surface area contributed by atoms with E-state index in [-0.39, 0.29) is 36.1 Å². The van der Waals surface area contributed by atoms with Gasteiger partial charge in [0.05, 0.1) is 16.8 Å². The number of hydrogen-bond acceptors (Lipinski definition) is 5. The Bertz CT molecular complexity index is 1090. The number of nitrogens with zero attached hydrogens (tertiary/aromatic N) is 4. The molecule has 2 amide bonds. The van der Waals surface area contributed by atoms with E-state index in [0.29, 0.717) is 26.1 Å². The molecule has 2 atom stereocenters. The van der Waals surface area contributed by atoms with Crippen molar-refractivity contribution in [2.45, 2.75) is 24.9 Å². The molecule has 9 heteroatoms. The molecule has 1 N–H and O–H groups in total. The maximum Gasteiger partial charge on any atom is 0.250 e. The van der Waals surface area contributed by atoms with Gasteiger partial charge in [-0.2, -0.15) is 0 Å². The average Bonchev–Trinajstić information content (AvgIpc) is 3.30. The summed E-state index contributed by atoms with van der Waals surface area (Å²) in [5.41, 5.74) is 5.24. The molecule has 2 saturated heterocycles. The molecule has 2 fully saturated rings. The van der Waals surface area contributed by atoms with Crippen molar-refractivity contribution in [3.63, 3.8) is 0 Å². The van der Waals surface area contributed by atoms with Gasteiger partial charge in [-0.1, -0.05) is 35.9 Å². The number of anilines is 1. The van der Waals surface area contributed by atoms with Crippen LogP contribution >= 0.6 is 11.6 Å². The number of para-hydroxylation sites is 1. The standard InChI is InChI=1S/C25H27ClFN5O2/c26-20-3-1-2-4-22(20)29-11-13-30(14-12-29)24(33)9-10-31-15-16-32-23(25(31)34)17-21(28-32)18-5-7-19(27)8-6-18/h1-8,15-16,21,23,28H,9-14,17H2. The van der Waals surface area contributed by atoms with Crippen LogP contribution < -0.4 is 10.3 Å². The number of carbonyl (C=O) groups is 2. The second-order valence-corrected chi connectivity index (χ2v) is 9.20. The lowest BCUT2D eigenvalue weighted by Crippen LogP contribution is -2.50. The first-order chi connectivity index (χ1) is 16.5. The Morgan fingerprint density at radius 3 is 2.50 bits per heavy atom.